The smallest absolute Gasteiger partial charge is 0.228 e. The second-order valence-electron chi connectivity index (χ2n) is 8.04. The number of benzene rings is 1. The molecule has 2 atom stereocenters. The van der Waals surface area contributed by atoms with Crippen LogP contribution in [0.3, 0.4) is 0 Å². The standard InChI is InChI=1S/C21H30N4O3.ClH/c1-28-19-4-2-16(3-5-19)13-25-14-17(12-20(25)26)21(27)24-9-6-18(15-24)23-10-7-22-8-11-23;/h2-5,17-18,22H,6-15H2,1H3;1H. The summed E-state index contributed by atoms with van der Waals surface area (Å²) in [6, 6.07) is 8.22. The molecule has 0 spiro atoms. The molecule has 0 saturated carbocycles. The van der Waals surface area contributed by atoms with Crippen molar-refractivity contribution in [2.45, 2.75) is 25.4 Å². The predicted molar refractivity (Wildman–Crippen MR) is 113 cm³/mol. The first-order valence-electron chi connectivity index (χ1n) is 10.3. The van der Waals surface area contributed by atoms with Gasteiger partial charge in [0.05, 0.1) is 13.0 Å². The normalized spacial score (nSPS) is 25.2. The molecule has 0 radical (unpaired) electrons. The van der Waals surface area contributed by atoms with Crippen molar-refractivity contribution in [2.75, 3.05) is 52.9 Å². The molecule has 7 nitrogen and oxygen atoms in total. The van der Waals surface area contributed by atoms with E-state index in [1.54, 1.807) is 7.11 Å². The van der Waals surface area contributed by atoms with Crippen molar-refractivity contribution in [1.29, 1.82) is 0 Å². The van der Waals surface area contributed by atoms with Crippen LogP contribution in [0.2, 0.25) is 0 Å². The van der Waals surface area contributed by atoms with E-state index in [0.717, 1.165) is 57.0 Å². The van der Waals surface area contributed by atoms with Gasteiger partial charge in [0, 0.05) is 64.8 Å². The molecule has 3 saturated heterocycles. The number of nitrogens with zero attached hydrogens (tertiary/aromatic N) is 3. The number of hydrogen-bond donors (Lipinski definition) is 1. The number of ether oxygens (including phenoxy) is 1. The van der Waals surface area contributed by atoms with Crippen LogP contribution in [-0.2, 0) is 16.1 Å². The van der Waals surface area contributed by atoms with E-state index in [1.165, 1.54) is 0 Å². The first-order chi connectivity index (χ1) is 13.6. The third-order valence-corrected chi connectivity index (χ3v) is 6.24. The van der Waals surface area contributed by atoms with Gasteiger partial charge in [-0.05, 0) is 24.1 Å². The monoisotopic (exact) mass is 422 g/mol. The lowest BCUT2D eigenvalue weighted by atomic mass is 10.1. The Hall–Kier alpha value is -1.83. The molecule has 3 fully saturated rings. The zero-order valence-corrected chi connectivity index (χ0v) is 17.8. The van der Waals surface area contributed by atoms with Gasteiger partial charge in [-0.3, -0.25) is 14.5 Å². The van der Waals surface area contributed by atoms with Gasteiger partial charge in [0.25, 0.3) is 0 Å². The molecule has 3 aliphatic heterocycles. The first-order valence-corrected chi connectivity index (χ1v) is 10.3. The van der Waals surface area contributed by atoms with Gasteiger partial charge in [-0.2, -0.15) is 0 Å². The van der Waals surface area contributed by atoms with Crippen LogP contribution in [0.1, 0.15) is 18.4 Å². The number of likely N-dealkylation sites (tertiary alicyclic amines) is 2. The third-order valence-electron chi connectivity index (χ3n) is 6.24. The van der Waals surface area contributed by atoms with Crippen LogP contribution in [-0.4, -0.2) is 85.5 Å². The molecule has 3 aliphatic rings. The minimum atomic E-state index is -0.201. The minimum Gasteiger partial charge on any atom is -0.497 e. The van der Waals surface area contributed by atoms with Crippen molar-refractivity contribution < 1.29 is 14.3 Å². The average molecular weight is 423 g/mol. The van der Waals surface area contributed by atoms with Gasteiger partial charge < -0.3 is 19.9 Å². The van der Waals surface area contributed by atoms with E-state index in [0.29, 0.717) is 25.6 Å². The number of carbonyl (C=O) groups excluding carboxylic acids is 2. The Kier molecular flexibility index (Phi) is 7.38. The molecule has 0 aromatic heterocycles. The quantitative estimate of drug-likeness (QED) is 0.766. The highest BCUT2D eigenvalue weighted by Crippen LogP contribution is 2.25. The number of piperazine rings is 1. The van der Waals surface area contributed by atoms with Crippen LogP contribution in [0, 0.1) is 5.92 Å². The predicted octanol–water partition coefficient (Wildman–Crippen LogP) is 0.972. The Morgan fingerprint density at radius 3 is 2.55 bits per heavy atom. The fraction of sp³-hybridized carbons (Fsp3) is 0.619. The Morgan fingerprint density at radius 1 is 1.14 bits per heavy atom. The SMILES string of the molecule is COc1ccc(CN2CC(C(=O)N3CCC(N4CCNCC4)C3)CC2=O)cc1.Cl. The van der Waals surface area contributed by atoms with E-state index in [-0.39, 0.29) is 30.1 Å². The molecule has 1 aromatic carbocycles. The first kappa shape index (κ1) is 21.9. The highest BCUT2D eigenvalue weighted by atomic mass is 35.5. The van der Waals surface area contributed by atoms with Gasteiger partial charge in [-0.1, -0.05) is 12.1 Å². The topological polar surface area (TPSA) is 65.1 Å². The van der Waals surface area contributed by atoms with Crippen molar-refractivity contribution >= 4 is 24.2 Å². The van der Waals surface area contributed by atoms with Crippen molar-refractivity contribution in [3.63, 3.8) is 0 Å². The summed E-state index contributed by atoms with van der Waals surface area (Å²) in [5.41, 5.74) is 1.06. The molecule has 3 heterocycles. The van der Waals surface area contributed by atoms with E-state index in [1.807, 2.05) is 34.1 Å². The summed E-state index contributed by atoms with van der Waals surface area (Å²) >= 11 is 0. The fourth-order valence-corrected chi connectivity index (χ4v) is 4.59. The Morgan fingerprint density at radius 2 is 1.86 bits per heavy atom. The number of carbonyl (C=O) groups is 2. The number of halogens is 1. The molecule has 160 valence electrons. The van der Waals surface area contributed by atoms with Crippen molar-refractivity contribution in [3.8, 4) is 5.75 Å². The van der Waals surface area contributed by atoms with Crippen LogP contribution in [0.5, 0.6) is 5.75 Å². The third kappa shape index (κ3) is 5.02. The summed E-state index contributed by atoms with van der Waals surface area (Å²) in [5, 5.41) is 3.38. The maximum absolute atomic E-state index is 13.0. The lowest BCUT2D eigenvalue weighted by Gasteiger charge is -2.32. The summed E-state index contributed by atoms with van der Waals surface area (Å²) in [6.07, 6.45) is 1.38. The molecule has 4 rings (SSSR count). The molecule has 2 amide bonds. The molecule has 8 heteroatoms. The Bertz CT molecular complexity index is 708. The summed E-state index contributed by atoms with van der Waals surface area (Å²) in [7, 11) is 1.64. The number of hydrogen-bond acceptors (Lipinski definition) is 5. The average Bonchev–Trinajstić information content (AvgIpc) is 3.36. The van der Waals surface area contributed by atoms with Crippen molar-refractivity contribution in [2.24, 2.45) is 5.92 Å². The Labute approximate surface area is 178 Å². The summed E-state index contributed by atoms with van der Waals surface area (Å²) in [5.74, 6) is 0.834. The summed E-state index contributed by atoms with van der Waals surface area (Å²) in [4.78, 5) is 31.8. The highest BCUT2D eigenvalue weighted by molar-refractivity contribution is 5.89. The van der Waals surface area contributed by atoms with Gasteiger partial charge in [0.15, 0.2) is 0 Å². The molecule has 29 heavy (non-hydrogen) atoms. The lowest BCUT2D eigenvalue weighted by Crippen LogP contribution is -2.49. The molecule has 0 aliphatic carbocycles. The lowest BCUT2D eigenvalue weighted by molar-refractivity contribution is -0.135. The van der Waals surface area contributed by atoms with Gasteiger partial charge in [0.1, 0.15) is 5.75 Å². The second-order valence-corrected chi connectivity index (χ2v) is 8.04. The van der Waals surface area contributed by atoms with Gasteiger partial charge >= 0.3 is 0 Å². The van der Waals surface area contributed by atoms with Crippen LogP contribution in [0.25, 0.3) is 0 Å². The van der Waals surface area contributed by atoms with Crippen molar-refractivity contribution in [3.05, 3.63) is 29.8 Å². The van der Waals surface area contributed by atoms with Gasteiger partial charge in [-0.15, -0.1) is 12.4 Å². The van der Waals surface area contributed by atoms with E-state index in [4.69, 9.17) is 4.74 Å². The molecular weight excluding hydrogens is 392 g/mol. The van der Waals surface area contributed by atoms with Crippen LogP contribution in [0.15, 0.2) is 24.3 Å². The summed E-state index contributed by atoms with van der Waals surface area (Å²) < 4.78 is 5.18. The molecule has 0 bridgehead atoms. The largest absolute Gasteiger partial charge is 0.497 e. The minimum absolute atomic E-state index is 0. The molecule has 1 N–H and O–H groups in total. The number of rotatable bonds is 5. The molecule has 1 aromatic rings. The fourth-order valence-electron chi connectivity index (χ4n) is 4.59. The second kappa shape index (κ2) is 9.78. The zero-order valence-electron chi connectivity index (χ0n) is 17.0. The van der Waals surface area contributed by atoms with Crippen LogP contribution >= 0.6 is 12.4 Å². The van der Waals surface area contributed by atoms with E-state index < -0.39 is 0 Å². The van der Waals surface area contributed by atoms with E-state index in [9.17, 15) is 9.59 Å². The molecular formula is C21H31ClN4O3. The maximum Gasteiger partial charge on any atom is 0.228 e. The van der Waals surface area contributed by atoms with E-state index >= 15 is 0 Å². The maximum atomic E-state index is 13.0. The zero-order chi connectivity index (χ0) is 19.5. The number of amides is 2. The van der Waals surface area contributed by atoms with Crippen molar-refractivity contribution in [1.82, 2.24) is 20.0 Å². The van der Waals surface area contributed by atoms with Crippen LogP contribution in [0.4, 0.5) is 0 Å². The molecule has 2 unspecified atom stereocenters. The van der Waals surface area contributed by atoms with Gasteiger partial charge in [0.2, 0.25) is 11.8 Å². The van der Waals surface area contributed by atoms with Crippen LogP contribution < -0.4 is 10.1 Å². The Balaban J connectivity index is 0.00000240. The van der Waals surface area contributed by atoms with Gasteiger partial charge in [-0.25, -0.2) is 0 Å². The number of methoxy groups -OCH3 is 1. The van der Waals surface area contributed by atoms with E-state index in [2.05, 4.69) is 10.2 Å². The highest BCUT2D eigenvalue weighted by Gasteiger charge is 2.39. The number of nitrogens with one attached hydrogen (secondary N) is 1. The summed E-state index contributed by atoms with van der Waals surface area (Å²) in [6.45, 7) is 6.88.